The summed E-state index contributed by atoms with van der Waals surface area (Å²) < 4.78 is 16.6. The van der Waals surface area contributed by atoms with Crippen LogP contribution >= 0.6 is 0 Å². The number of nitrogens with zero attached hydrogens (tertiary/aromatic N) is 4. The third kappa shape index (κ3) is 4.34. The van der Waals surface area contributed by atoms with Crippen LogP contribution in [0.1, 0.15) is 55.2 Å². The highest BCUT2D eigenvalue weighted by atomic mass is 19.1. The number of pyridine rings is 1. The number of aryl methyl sites for hydroxylation is 1. The zero-order valence-corrected chi connectivity index (χ0v) is 20.4. The molecule has 0 spiro atoms. The molecule has 1 N–H and O–H groups in total. The summed E-state index contributed by atoms with van der Waals surface area (Å²) in [5, 5.41) is 2.87. The maximum atomic E-state index is 14.7. The Morgan fingerprint density at radius 3 is 2.64 bits per heavy atom. The van der Waals surface area contributed by atoms with Crippen molar-refractivity contribution in [2.45, 2.75) is 45.7 Å². The van der Waals surface area contributed by atoms with Gasteiger partial charge < -0.3 is 14.8 Å². The maximum Gasteiger partial charge on any atom is 0.254 e. The number of amides is 2. The number of likely N-dealkylation sites (tertiary alicyclic amines) is 1. The lowest BCUT2D eigenvalue weighted by Gasteiger charge is -2.35. The molecule has 1 saturated heterocycles. The van der Waals surface area contributed by atoms with E-state index in [-0.39, 0.29) is 23.7 Å². The van der Waals surface area contributed by atoms with Crippen molar-refractivity contribution in [3.05, 3.63) is 77.9 Å². The second kappa shape index (κ2) is 9.89. The molecule has 2 amide bonds. The molecule has 184 valence electrons. The number of piperidine rings is 1. The van der Waals surface area contributed by atoms with Crippen LogP contribution in [0.4, 0.5) is 10.1 Å². The molecule has 5 rings (SSSR count). The zero-order chi connectivity index (χ0) is 25.2. The van der Waals surface area contributed by atoms with Crippen LogP contribution < -0.4 is 5.32 Å². The number of benzene rings is 2. The van der Waals surface area contributed by atoms with Crippen LogP contribution in [0.2, 0.25) is 0 Å². The number of rotatable bonds is 5. The standard InChI is InChI=1S/C28H28FN5O2/c1-3-33-26-23(31-18(2)35)16-19(17-24(26)32-27(33)20-10-4-5-11-21(20)29)28(36)34-15-9-7-13-25(34)22-12-6-8-14-30-22/h4-6,8,10-12,14,16-17,25H,3,7,9,13,15H2,1-2H3,(H,31,35)/t25-/m1/s1. The number of halogens is 1. The number of fused-ring (bicyclic) bond motifs is 1. The van der Waals surface area contributed by atoms with Crippen LogP contribution in [0.5, 0.6) is 0 Å². The molecule has 8 heteroatoms. The number of carbonyl (C=O) groups excluding carboxylic acids is 2. The van der Waals surface area contributed by atoms with Crippen molar-refractivity contribution >= 4 is 28.5 Å². The normalized spacial score (nSPS) is 15.8. The fourth-order valence-corrected chi connectivity index (χ4v) is 5.05. The van der Waals surface area contributed by atoms with E-state index in [0.29, 0.717) is 46.8 Å². The van der Waals surface area contributed by atoms with Crippen LogP contribution in [0, 0.1) is 5.82 Å². The second-order valence-corrected chi connectivity index (χ2v) is 9.00. The van der Waals surface area contributed by atoms with Crippen LogP contribution in [0.3, 0.4) is 0 Å². The van der Waals surface area contributed by atoms with Crippen molar-refractivity contribution < 1.29 is 14.0 Å². The predicted molar refractivity (Wildman–Crippen MR) is 137 cm³/mol. The number of anilines is 1. The zero-order valence-electron chi connectivity index (χ0n) is 20.4. The van der Waals surface area contributed by atoms with Crippen LogP contribution in [0.15, 0.2) is 60.8 Å². The van der Waals surface area contributed by atoms with E-state index in [1.54, 1.807) is 36.5 Å². The second-order valence-electron chi connectivity index (χ2n) is 9.00. The minimum absolute atomic E-state index is 0.116. The van der Waals surface area contributed by atoms with Crippen LogP contribution in [0.25, 0.3) is 22.4 Å². The van der Waals surface area contributed by atoms with Gasteiger partial charge in [-0.3, -0.25) is 14.6 Å². The van der Waals surface area contributed by atoms with Gasteiger partial charge in [-0.05, 0) is 62.6 Å². The molecule has 1 aliphatic rings. The molecule has 0 bridgehead atoms. The van der Waals surface area contributed by atoms with Crippen molar-refractivity contribution in [2.75, 3.05) is 11.9 Å². The number of imidazole rings is 1. The Bertz CT molecular complexity index is 1430. The third-order valence-corrected chi connectivity index (χ3v) is 6.62. The predicted octanol–water partition coefficient (Wildman–Crippen LogP) is 5.58. The van der Waals surface area contributed by atoms with E-state index in [4.69, 9.17) is 4.98 Å². The Balaban J connectivity index is 1.64. The lowest BCUT2D eigenvalue weighted by molar-refractivity contribution is -0.114. The smallest absolute Gasteiger partial charge is 0.254 e. The lowest BCUT2D eigenvalue weighted by Crippen LogP contribution is -2.38. The van der Waals surface area contributed by atoms with Crippen LogP contribution in [-0.4, -0.2) is 37.8 Å². The maximum absolute atomic E-state index is 14.7. The van der Waals surface area contributed by atoms with Gasteiger partial charge in [0.2, 0.25) is 5.91 Å². The molecule has 1 fully saturated rings. The molecule has 2 aromatic heterocycles. The molecule has 36 heavy (non-hydrogen) atoms. The van der Waals surface area contributed by atoms with Crippen molar-refractivity contribution in [1.29, 1.82) is 0 Å². The monoisotopic (exact) mass is 485 g/mol. The molecule has 1 atom stereocenters. The molecule has 0 saturated carbocycles. The fraction of sp³-hybridized carbons (Fsp3) is 0.286. The summed E-state index contributed by atoms with van der Waals surface area (Å²) in [5.74, 6) is -0.337. The molecule has 7 nitrogen and oxygen atoms in total. The van der Waals surface area contributed by atoms with E-state index in [9.17, 15) is 14.0 Å². The number of hydrogen-bond acceptors (Lipinski definition) is 4. The first-order valence-corrected chi connectivity index (χ1v) is 12.3. The van der Waals surface area contributed by atoms with E-state index in [1.165, 1.54) is 13.0 Å². The summed E-state index contributed by atoms with van der Waals surface area (Å²) in [6.07, 6.45) is 4.52. The van der Waals surface area contributed by atoms with E-state index < -0.39 is 0 Å². The fourth-order valence-electron chi connectivity index (χ4n) is 5.05. The van der Waals surface area contributed by atoms with E-state index >= 15 is 0 Å². The Morgan fingerprint density at radius 2 is 1.92 bits per heavy atom. The van der Waals surface area contributed by atoms with E-state index in [2.05, 4.69) is 10.3 Å². The van der Waals surface area contributed by atoms with Gasteiger partial charge in [0, 0.05) is 31.8 Å². The Labute approximate surface area is 209 Å². The molecular formula is C28H28FN5O2. The average molecular weight is 486 g/mol. The van der Waals surface area contributed by atoms with Gasteiger partial charge in [-0.25, -0.2) is 9.37 Å². The minimum atomic E-state index is -0.383. The highest BCUT2D eigenvalue weighted by Gasteiger charge is 2.30. The van der Waals surface area contributed by atoms with Gasteiger partial charge in [0.05, 0.1) is 34.0 Å². The van der Waals surface area contributed by atoms with Crippen molar-refractivity contribution in [3.8, 4) is 11.4 Å². The number of aromatic nitrogens is 3. The summed E-state index contributed by atoms with van der Waals surface area (Å²) in [5.41, 5.74) is 3.31. The Morgan fingerprint density at radius 1 is 1.11 bits per heavy atom. The summed E-state index contributed by atoms with van der Waals surface area (Å²) >= 11 is 0. The third-order valence-electron chi connectivity index (χ3n) is 6.62. The first-order valence-electron chi connectivity index (χ1n) is 12.3. The van der Waals surface area contributed by atoms with Crippen molar-refractivity contribution in [2.24, 2.45) is 0 Å². The molecule has 0 unspecified atom stereocenters. The molecule has 3 heterocycles. The number of carbonyl (C=O) groups is 2. The van der Waals surface area contributed by atoms with E-state index in [1.807, 2.05) is 34.6 Å². The van der Waals surface area contributed by atoms with Gasteiger partial charge in [0.25, 0.3) is 5.91 Å². The number of nitrogens with one attached hydrogen (secondary N) is 1. The molecule has 0 radical (unpaired) electrons. The Hall–Kier alpha value is -4.07. The van der Waals surface area contributed by atoms with Gasteiger partial charge in [-0.1, -0.05) is 18.2 Å². The first-order chi connectivity index (χ1) is 17.5. The highest BCUT2D eigenvalue weighted by Crippen LogP contribution is 2.35. The van der Waals surface area contributed by atoms with Gasteiger partial charge in [-0.15, -0.1) is 0 Å². The van der Waals surface area contributed by atoms with E-state index in [0.717, 1.165) is 25.0 Å². The van der Waals surface area contributed by atoms with Gasteiger partial charge in [0.15, 0.2) is 0 Å². The van der Waals surface area contributed by atoms with Gasteiger partial charge in [0.1, 0.15) is 11.6 Å². The average Bonchev–Trinajstić information content (AvgIpc) is 3.27. The van der Waals surface area contributed by atoms with Crippen molar-refractivity contribution in [1.82, 2.24) is 19.4 Å². The molecule has 2 aromatic carbocycles. The SMILES string of the molecule is CCn1c(-c2ccccc2F)nc2cc(C(=O)N3CCCC[C@@H]3c3ccccn3)cc(NC(C)=O)c21. The Kier molecular flexibility index (Phi) is 6.50. The minimum Gasteiger partial charge on any atom is -0.330 e. The summed E-state index contributed by atoms with van der Waals surface area (Å²) in [6, 6.07) is 15.5. The molecule has 4 aromatic rings. The topological polar surface area (TPSA) is 80.1 Å². The molecule has 0 aliphatic carbocycles. The van der Waals surface area contributed by atoms with Crippen molar-refractivity contribution in [3.63, 3.8) is 0 Å². The van der Waals surface area contributed by atoms with Crippen LogP contribution in [-0.2, 0) is 11.3 Å². The van der Waals surface area contributed by atoms with Gasteiger partial charge >= 0.3 is 0 Å². The molecule has 1 aliphatic heterocycles. The highest BCUT2D eigenvalue weighted by molar-refractivity contribution is 6.06. The quantitative estimate of drug-likeness (QED) is 0.400. The summed E-state index contributed by atoms with van der Waals surface area (Å²) in [6.45, 7) is 4.49. The number of hydrogen-bond donors (Lipinski definition) is 1. The first kappa shape index (κ1) is 23.7. The lowest BCUT2D eigenvalue weighted by atomic mass is 9.97. The summed E-state index contributed by atoms with van der Waals surface area (Å²) in [7, 11) is 0. The largest absolute Gasteiger partial charge is 0.330 e. The summed E-state index contributed by atoms with van der Waals surface area (Å²) in [4.78, 5) is 37.0. The molecular weight excluding hydrogens is 457 g/mol. The van der Waals surface area contributed by atoms with Gasteiger partial charge in [-0.2, -0.15) is 0 Å².